The van der Waals surface area contributed by atoms with E-state index in [0.717, 1.165) is 19.3 Å². The van der Waals surface area contributed by atoms with E-state index in [9.17, 15) is 9.46 Å². The van der Waals surface area contributed by atoms with Crippen molar-refractivity contribution < 1.29 is 65.4 Å². The van der Waals surface area contributed by atoms with E-state index in [0.29, 0.717) is 0 Å². The van der Waals surface area contributed by atoms with E-state index in [1.165, 1.54) is 44.9 Å². The number of hydrogen-bond donors (Lipinski definition) is 0. The molecule has 1 unspecified atom stereocenters. The van der Waals surface area contributed by atoms with E-state index in [4.69, 9.17) is 7.57 Å². The molecule has 0 aromatic heterocycles. The minimum absolute atomic E-state index is 0. The van der Waals surface area contributed by atoms with Crippen molar-refractivity contribution in [3.8, 4) is 0 Å². The Balaban J connectivity index is 0. The quantitative estimate of drug-likeness (QED) is 0.301. The Hall–Kier alpha value is 1.85. The smallest absolute Gasteiger partial charge is 0.787 e. The SMILES string of the molecule is [B]P(=O)([O-])OCCCCCCCCCCCC.[K+]. The summed E-state index contributed by atoms with van der Waals surface area (Å²) in [7, 11) is 0.741. The summed E-state index contributed by atoms with van der Waals surface area (Å²) in [6.07, 6.45) is 12.2. The van der Waals surface area contributed by atoms with Crippen molar-refractivity contribution in [3.05, 3.63) is 0 Å². The van der Waals surface area contributed by atoms with Gasteiger partial charge in [-0.25, -0.2) is 0 Å². The second-order valence-electron chi connectivity index (χ2n) is 4.56. The predicted molar refractivity (Wildman–Crippen MR) is 71.2 cm³/mol. The first kappa shape index (κ1) is 22.1. The molecule has 0 aromatic carbocycles. The molecule has 0 saturated heterocycles. The minimum Gasteiger partial charge on any atom is -0.787 e. The standard InChI is InChI=1S/C12H26BO3P.K/c1-2-3-4-5-6-7-8-9-10-11-12-16-17(13,14)15;/h2-12H2,1H3,(H,14,15);/q;+1/p-1. The van der Waals surface area contributed by atoms with Crippen LogP contribution in [0.4, 0.5) is 0 Å². The molecule has 2 radical (unpaired) electrons. The Bertz CT molecular complexity index is 211. The van der Waals surface area contributed by atoms with Crippen molar-refractivity contribution in [2.24, 2.45) is 0 Å². The molecular weight excluding hydrogens is 273 g/mol. The predicted octanol–water partition coefficient (Wildman–Crippen LogP) is 0.565. The fourth-order valence-corrected chi connectivity index (χ4v) is 2.16. The van der Waals surface area contributed by atoms with Crippen molar-refractivity contribution in [3.63, 3.8) is 0 Å². The van der Waals surface area contributed by atoms with Gasteiger partial charge in [-0.05, 0) is 6.42 Å². The van der Waals surface area contributed by atoms with Gasteiger partial charge in [-0.15, -0.1) is 0 Å². The van der Waals surface area contributed by atoms with Crippen LogP contribution in [0.2, 0.25) is 0 Å². The first-order chi connectivity index (χ1) is 8.06. The molecule has 0 heterocycles. The zero-order valence-corrected chi connectivity index (χ0v) is 16.0. The Morgan fingerprint density at radius 2 is 1.33 bits per heavy atom. The maximum Gasteiger partial charge on any atom is 1.00 e. The molecule has 0 spiro atoms. The van der Waals surface area contributed by atoms with Crippen LogP contribution in [0, 0.1) is 0 Å². The molecule has 1 atom stereocenters. The summed E-state index contributed by atoms with van der Waals surface area (Å²) in [4.78, 5) is 10.5. The zero-order valence-electron chi connectivity index (χ0n) is 12.0. The Morgan fingerprint density at radius 3 is 1.72 bits per heavy atom. The van der Waals surface area contributed by atoms with Crippen molar-refractivity contribution in [1.29, 1.82) is 0 Å². The van der Waals surface area contributed by atoms with E-state index < -0.39 is 7.47 Å². The molecular formula is C12H25BKO3P. The summed E-state index contributed by atoms with van der Waals surface area (Å²) >= 11 is 0. The largest absolute Gasteiger partial charge is 1.00 e. The van der Waals surface area contributed by atoms with E-state index in [-0.39, 0.29) is 58.0 Å². The summed E-state index contributed by atoms with van der Waals surface area (Å²) in [5.74, 6) is 0. The molecule has 0 aliphatic heterocycles. The molecule has 0 aliphatic rings. The molecule has 0 fully saturated rings. The molecule has 0 aromatic rings. The molecule has 0 aliphatic carbocycles. The summed E-state index contributed by atoms with van der Waals surface area (Å²) in [5.41, 5.74) is 0. The summed E-state index contributed by atoms with van der Waals surface area (Å²) in [6, 6.07) is 0. The van der Waals surface area contributed by atoms with E-state index in [1.807, 2.05) is 0 Å². The summed E-state index contributed by atoms with van der Waals surface area (Å²) in [6.45, 7) is 2.46. The summed E-state index contributed by atoms with van der Waals surface area (Å²) in [5, 5.41) is 0. The van der Waals surface area contributed by atoms with Crippen LogP contribution in [0.15, 0.2) is 0 Å². The average molecular weight is 298 g/mol. The van der Waals surface area contributed by atoms with Crippen molar-refractivity contribution in [2.45, 2.75) is 71.1 Å². The van der Waals surface area contributed by atoms with Crippen LogP contribution in [0.1, 0.15) is 71.1 Å². The second kappa shape index (κ2) is 15.2. The fourth-order valence-electron chi connectivity index (χ4n) is 1.78. The van der Waals surface area contributed by atoms with Crippen molar-refractivity contribution >= 4 is 15.0 Å². The van der Waals surface area contributed by atoms with Gasteiger partial charge in [0.25, 0.3) is 0 Å². The monoisotopic (exact) mass is 298 g/mol. The third-order valence-corrected chi connectivity index (χ3v) is 3.31. The van der Waals surface area contributed by atoms with Crippen LogP contribution in [0.5, 0.6) is 0 Å². The van der Waals surface area contributed by atoms with Crippen LogP contribution in [0.3, 0.4) is 0 Å². The molecule has 3 nitrogen and oxygen atoms in total. The molecule has 0 amide bonds. The molecule has 0 N–H and O–H groups in total. The number of hydrogen-bond acceptors (Lipinski definition) is 3. The van der Waals surface area contributed by atoms with Gasteiger partial charge in [0.05, 0.1) is 14.1 Å². The van der Waals surface area contributed by atoms with Gasteiger partial charge in [0.15, 0.2) is 7.57 Å². The number of rotatable bonds is 12. The molecule has 18 heavy (non-hydrogen) atoms. The fraction of sp³-hybridized carbons (Fsp3) is 1.00. The van der Waals surface area contributed by atoms with Crippen molar-refractivity contribution in [2.75, 3.05) is 6.61 Å². The van der Waals surface area contributed by atoms with Crippen LogP contribution < -0.4 is 56.3 Å². The van der Waals surface area contributed by atoms with Crippen LogP contribution in [-0.4, -0.2) is 14.2 Å². The topological polar surface area (TPSA) is 49.4 Å². The molecule has 6 heteroatoms. The van der Waals surface area contributed by atoms with Gasteiger partial charge < -0.3 is 14.0 Å². The Morgan fingerprint density at radius 1 is 0.944 bits per heavy atom. The van der Waals surface area contributed by atoms with E-state index >= 15 is 0 Å². The van der Waals surface area contributed by atoms with Gasteiger partial charge in [-0.1, -0.05) is 64.7 Å². The van der Waals surface area contributed by atoms with E-state index in [2.05, 4.69) is 11.4 Å². The average Bonchev–Trinajstić information content (AvgIpc) is 2.24. The van der Waals surface area contributed by atoms with Gasteiger partial charge in [0.1, 0.15) is 0 Å². The Kier molecular flexibility index (Phi) is 18.7. The third-order valence-electron chi connectivity index (χ3n) is 2.77. The van der Waals surface area contributed by atoms with Gasteiger partial charge in [0, 0.05) is 0 Å². The van der Waals surface area contributed by atoms with Gasteiger partial charge in [0.2, 0.25) is 0 Å². The molecule has 0 bridgehead atoms. The first-order valence-corrected chi connectivity index (χ1v) is 8.41. The zero-order chi connectivity index (χ0) is 13.0. The summed E-state index contributed by atoms with van der Waals surface area (Å²) < 4.78 is 15.0. The third kappa shape index (κ3) is 20.2. The van der Waals surface area contributed by atoms with Crippen LogP contribution in [0.25, 0.3) is 0 Å². The Labute approximate surface area is 156 Å². The van der Waals surface area contributed by atoms with Gasteiger partial charge >= 0.3 is 51.4 Å². The molecule has 100 valence electrons. The maximum atomic E-state index is 10.5. The van der Waals surface area contributed by atoms with Gasteiger partial charge in [-0.3, -0.25) is 0 Å². The maximum absolute atomic E-state index is 10.5. The normalized spacial score (nSPS) is 13.9. The second-order valence-corrected chi connectivity index (χ2v) is 5.89. The molecule has 0 rings (SSSR count). The molecule has 0 saturated carbocycles. The van der Waals surface area contributed by atoms with Crippen LogP contribution >= 0.6 is 7.47 Å². The minimum atomic E-state index is -3.99. The van der Waals surface area contributed by atoms with Gasteiger partial charge in [-0.2, -0.15) is 0 Å². The van der Waals surface area contributed by atoms with Crippen LogP contribution in [-0.2, 0) is 9.09 Å². The number of unbranched alkanes of at least 4 members (excludes halogenated alkanes) is 9. The van der Waals surface area contributed by atoms with Crippen molar-refractivity contribution in [1.82, 2.24) is 0 Å². The first-order valence-electron chi connectivity index (χ1n) is 6.80. The van der Waals surface area contributed by atoms with E-state index in [1.54, 1.807) is 0 Å².